The molecule has 256 valence electrons. The van der Waals surface area contributed by atoms with Crippen molar-refractivity contribution in [3.8, 4) is 22.3 Å². The Bertz CT molecular complexity index is 2460. The van der Waals surface area contributed by atoms with Crippen LogP contribution in [-0.4, -0.2) is 12.1 Å². The van der Waals surface area contributed by atoms with E-state index >= 15 is 0 Å². The van der Waals surface area contributed by atoms with Gasteiger partial charge in [-0.15, -0.1) is 0 Å². The molecule has 6 aromatic rings. The van der Waals surface area contributed by atoms with Gasteiger partial charge in [-0.1, -0.05) is 153 Å². The van der Waals surface area contributed by atoms with E-state index < -0.39 is 0 Å². The molecule has 3 unspecified atom stereocenters. The average Bonchev–Trinajstić information content (AvgIpc) is 3.67. The number of fused-ring (bicyclic) bond motifs is 6. The number of benzene rings is 6. The molecule has 3 atom stereocenters. The molecule has 1 heterocycles. The lowest BCUT2D eigenvalue weighted by atomic mass is 9.82. The highest BCUT2D eigenvalue weighted by molar-refractivity contribution is 5.85. The van der Waals surface area contributed by atoms with Crippen molar-refractivity contribution in [3.63, 3.8) is 0 Å². The fourth-order valence-electron chi connectivity index (χ4n) is 9.24. The fourth-order valence-corrected chi connectivity index (χ4v) is 9.24. The van der Waals surface area contributed by atoms with E-state index in [2.05, 4.69) is 212 Å². The molecule has 6 aromatic carbocycles. The summed E-state index contributed by atoms with van der Waals surface area (Å²) in [5.41, 5.74) is 16.8. The molecule has 0 aromatic heterocycles. The minimum absolute atomic E-state index is 0.0633. The Labute approximate surface area is 313 Å². The van der Waals surface area contributed by atoms with E-state index in [9.17, 15) is 0 Å². The Morgan fingerprint density at radius 1 is 0.585 bits per heavy atom. The van der Waals surface area contributed by atoms with E-state index in [4.69, 9.17) is 0 Å². The molecule has 3 aliphatic carbocycles. The quantitative estimate of drug-likeness (QED) is 0.173. The first-order chi connectivity index (χ1) is 26.0. The molecule has 10 rings (SSSR count). The van der Waals surface area contributed by atoms with E-state index in [1.165, 1.54) is 72.8 Å². The number of para-hydroxylation sites is 1. The van der Waals surface area contributed by atoms with Crippen molar-refractivity contribution in [1.82, 2.24) is 0 Å². The summed E-state index contributed by atoms with van der Waals surface area (Å²) in [4.78, 5) is 5.04. The lowest BCUT2D eigenvalue weighted by Gasteiger charge is -2.34. The second-order valence-corrected chi connectivity index (χ2v) is 15.3. The first kappa shape index (κ1) is 31.6. The van der Waals surface area contributed by atoms with Gasteiger partial charge < -0.3 is 9.80 Å². The van der Waals surface area contributed by atoms with Gasteiger partial charge in [0.15, 0.2) is 0 Å². The Hall–Kier alpha value is -6.12. The maximum Gasteiger partial charge on any atom is 0.0629 e. The Morgan fingerprint density at radius 2 is 1.28 bits per heavy atom. The second kappa shape index (κ2) is 12.5. The van der Waals surface area contributed by atoms with Crippen molar-refractivity contribution in [2.75, 3.05) is 9.80 Å². The highest BCUT2D eigenvalue weighted by atomic mass is 15.2. The monoisotopic (exact) mass is 682 g/mol. The topological polar surface area (TPSA) is 6.48 Å². The van der Waals surface area contributed by atoms with Crippen LogP contribution in [0.15, 0.2) is 188 Å². The first-order valence-corrected chi connectivity index (χ1v) is 19.0. The Morgan fingerprint density at radius 3 is 2.08 bits per heavy atom. The van der Waals surface area contributed by atoms with Crippen LogP contribution >= 0.6 is 0 Å². The van der Waals surface area contributed by atoms with Crippen molar-refractivity contribution in [1.29, 1.82) is 0 Å². The van der Waals surface area contributed by atoms with Crippen LogP contribution in [0.5, 0.6) is 0 Å². The number of rotatable bonds is 6. The number of nitrogens with zero attached hydrogens (tertiary/aromatic N) is 2. The molecule has 2 nitrogen and oxygen atoms in total. The first-order valence-electron chi connectivity index (χ1n) is 19.0. The van der Waals surface area contributed by atoms with Gasteiger partial charge in [-0.05, 0) is 105 Å². The normalized spacial score (nSPS) is 20.0. The molecule has 0 saturated heterocycles. The van der Waals surface area contributed by atoms with Crippen LogP contribution in [0.1, 0.15) is 48.4 Å². The number of hydrogen-bond acceptors (Lipinski definition) is 2. The molecule has 0 spiro atoms. The molecular formula is C51H42N2. The third-order valence-corrected chi connectivity index (χ3v) is 11.9. The summed E-state index contributed by atoms with van der Waals surface area (Å²) in [6.45, 7) is 4.74. The molecular weight excluding hydrogens is 641 g/mol. The Balaban J connectivity index is 1.02. The van der Waals surface area contributed by atoms with Gasteiger partial charge in [0, 0.05) is 34.1 Å². The van der Waals surface area contributed by atoms with Crippen molar-refractivity contribution in [2.45, 2.75) is 43.7 Å². The van der Waals surface area contributed by atoms with Gasteiger partial charge in [0.1, 0.15) is 0 Å². The summed E-state index contributed by atoms with van der Waals surface area (Å²) in [7, 11) is 0. The molecule has 0 saturated carbocycles. The number of allylic oxidation sites excluding steroid dienone is 4. The van der Waals surface area contributed by atoms with Gasteiger partial charge in [0.2, 0.25) is 0 Å². The largest absolute Gasteiger partial charge is 0.334 e. The van der Waals surface area contributed by atoms with E-state index in [1.54, 1.807) is 0 Å². The summed E-state index contributed by atoms with van der Waals surface area (Å²) in [6.07, 6.45) is 17.1. The van der Waals surface area contributed by atoms with E-state index in [-0.39, 0.29) is 17.5 Å². The second-order valence-electron chi connectivity index (χ2n) is 15.3. The number of anilines is 4. The summed E-state index contributed by atoms with van der Waals surface area (Å²) >= 11 is 0. The van der Waals surface area contributed by atoms with Gasteiger partial charge in [-0.2, -0.15) is 0 Å². The Kier molecular flexibility index (Phi) is 7.47. The lowest BCUT2D eigenvalue weighted by Crippen LogP contribution is -2.30. The van der Waals surface area contributed by atoms with Crippen LogP contribution in [0, 0.1) is 0 Å². The average molecular weight is 683 g/mol. The van der Waals surface area contributed by atoms with E-state index in [0.29, 0.717) is 5.92 Å². The molecule has 0 amide bonds. The zero-order valence-corrected chi connectivity index (χ0v) is 30.2. The molecule has 1 aliphatic heterocycles. The molecule has 0 bridgehead atoms. The van der Waals surface area contributed by atoms with Gasteiger partial charge in [0.25, 0.3) is 0 Å². The van der Waals surface area contributed by atoms with Gasteiger partial charge in [-0.25, -0.2) is 0 Å². The summed E-state index contributed by atoms with van der Waals surface area (Å²) in [5.74, 6) is 0.326. The standard InChI is InChI=1S/C51H42N2/c1-51(2)47-19-11-9-17-43(47)44-31-30-42(34-48(44)51)52(40-26-21-36(22-27-40)35-13-5-3-6-14-35)41-28-23-37(24-29-41)38-25-32-50-46(33-38)45-18-10-12-20-49(45)53(50)39-15-7-4-8-16-39/h3-26,28-34,40,45,49H,27H2,1-2H3. The van der Waals surface area contributed by atoms with Crippen molar-refractivity contribution in [3.05, 3.63) is 210 Å². The third kappa shape index (κ3) is 5.24. The molecule has 53 heavy (non-hydrogen) atoms. The zero-order chi connectivity index (χ0) is 35.5. The van der Waals surface area contributed by atoms with Crippen LogP contribution < -0.4 is 9.80 Å². The third-order valence-electron chi connectivity index (χ3n) is 11.9. The van der Waals surface area contributed by atoms with Crippen LogP contribution in [-0.2, 0) is 5.41 Å². The van der Waals surface area contributed by atoms with Crippen molar-refractivity contribution >= 4 is 28.3 Å². The fraction of sp³-hybridized carbons (Fsp3) is 0.137. The van der Waals surface area contributed by atoms with Crippen LogP contribution in [0.4, 0.5) is 22.7 Å². The minimum atomic E-state index is -0.0633. The molecule has 0 N–H and O–H groups in total. The SMILES string of the molecule is CC1(C)c2ccccc2-c2ccc(N(c3ccc(-c4ccc5c(c4)C4C=CC=CC4N5c4ccccc4)cc3)C3C=CC(c4ccccc4)=CC3)cc21. The molecule has 2 heteroatoms. The molecule has 0 fully saturated rings. The predicted octanol–water partition coefficient (Wildman–Crippen LogP) is 12.9. The lowest BCUT2D eigenvalue weighted by molar-refractivity contribution is 0.659. The predicted molar refractivity (Wildman–Crippen MR) is 223 cm³/mol. The maximum atomic E-state index is 2.54. The summed E-state index contributed by atoms with van der Waals surface area (Å²) in [6, 6.07) is 54.4. The molecule has 0 radical (unpaired) electrons. The van der Waals surface area contributed by atoms with Crippen molar-refractivity contribution < 1.29 is 0 Å². The summed E-state index contributed by atoms with van der Waals surface area (Å²) < 4.78 is 0. The summed E-state index contributed by atoms with van der Waals surface area (Å²) in [5, 5.41) is 0. The zero-order valence-electron chi connectivity index (χ0n) is 30.2. The van der Waals surface area contributed by atoms with Gasteiger partial charge in [0.05, 0.1) is 12.1 Å². The highest BCUT2D eigenvalue weighted by Gasteiger charge is 2.38. The van der Waals surface area contributed by atoms with E-state index in [0.717, 1.165) is 6.42 Å². The van der Waals surface area contributed by atoms with Gasteiger partial charge in [-0.3, -0.25) is 0 Å². The smallest absolute Gasteiger partial charge is 0.0629 e. The van der Waals surface area contributed by atoms with Crippen LogP contribution in [0.3, 0.4) is 0 Å². The van der Waals surface area contributed by atoms with Crippen LogP contribution in [0.25, 0.3) is 27.8 Å². The van der Waals surface area contributed by atoms with E-state index in [1.807, 2.05) is 0 Å². The minimum Gasteiger partial charge on any atom is -0.334 e. The maximum absolute atomic E-state index is 2.54. The van der Waals surface area contributed by atoms with Gasteiger partial charge >= 0.3 is 0 Å². The van der Waals surface area contributed by atoms with Crippen molar-refractivity contribution in [2.24, 2.45) is 0 Å². The highest BCUT2D eigenvalue weighted by Crippen LogP contribution is 2.51. The number of hydrogen-bond donors (Lipinski definition) is 0. The van der Waals surface area contributed by atoms with Crippen LogP contribution in [0.2, 0.25) is 0 Å². The molecule has 4 aliphatic rings.